The van der Waals surface area contributed by atoms with Crippen molar-refractivity contribution in [3.8, 4) is 22.4 Å². The van der Waals surface area contributed by atoms with Gasteiger partial charge in [0.1, 0.15) is 0 Å². The van der Waals surface area contributed by atoms with Crippen LogP contribution in [0.2, 0.25) is 0 Å². The Morgan fingerprint density at radius 1 is 0.765 bits per heavy atom. The minimum atomic E-state index is 0.609. The van der Waals surface area contributed by atoms with E-state index in [0.717, 1.165) is 27.3 Å². The van der Waals surface area contributed by atoms with Crippen LogP contribution in [-0.4, -0.2) is 15.4 Å². The predicted octanol–water partition coefficient (Wildman–Crippen LogP) is 6.65. The Labute approximate surface area is 203 Å². The molecule has 0 saturated heterocycles. The van der Waals surface area contributed by atoms with E-state index in [1.54, 1.807) is 23.7 Å². The van der Waals surface area contributed by atoms with Gasteiger partial charge in [-0.15, -0.1) is 11.3 Å². The van der Waals surface area contributed by atoms with Gasteiger partial charge in [0, 0.05) is 28.9 Å². The smallest absolute Gasteiger partial charge is 0.206 e. The van der Waals surface area contributed by atoms with E-state index in [4.69, 9.17) is 10.1 Å². The second-order valence-corrected chi connectivity index (χ2v) is 8.72. The largest absolute Gasteiger partial charge is 0.265 e. The molecule has 34 heavy (non-hydrogen) atoms. The molecule has 166 valence electrons. The second kappa shape index (κ2) is 10.2. The third-order valence-electron chi connectivity index (χ3n) is 5.56. The van der Waals surface area contributed by atoms with Crippen molar-refractivity contribution >= 4 is 17.0 Å². The summed E-state index contributed by atoms with van der Waals surface area (Å²) in [5.74, 6) is 0. The lowest BCUT2D eigenvalue weighted by Gasteiger charge is -2.08. The first kappa shape index (κ1) is 21.7. The molecule has 0 fully saturated rings. The standard InChI is InChI=1S/C29H24N4S/c1-22(24-16-18-30-19-17-24)32-33-28(21-34-29(33)31-20-23-8-4-2-5-9-23)27-14-12-26(13-15-27)25-10-6-3-7-11-25/h2-19,21H,20H2,1H3/b31-29?,32-22-. The summed E-state index contributed by atoms with van der Waals surface area (Å²) in [4.78, 5) is 9.88. The SMILES string of the molecule is C/C(=N/n1c(-c2ccc(-c3ccccc3)cc2)csc1=NCc1ccccc1)c1ccncc1. The summed E-state index contributed by atoms with van der Waals surface area (Å²) in [7, 11) is 0. The maximum Gasteiger partial charge on any atom is 0.206 e. The van der Waals surface area contributed by atoms with Gasteiger partial charge in [-0.2, -0.15) is 5.10 Å². The van der Waals surface area contributed by atoms with Crippen molar-refractivity contribution in [3.05, 3.63) is 131 Å². The van der Waals surface area contributed by atoms with Crippen molar-refractivity contribution in [2.75, 3.05) is 0 Å². The van der Waals surface area contributed by atoms with Crippen LogP contribution in [0, 0.1) is 0 Å². The molecule has 0 aliphatic rings. The molecule has 0 unspecified atom stereocenters. The maximum atomic E-state index is 4.98. The van der Waals surface area contributed by atoms with Gasteiger partial charge in [0.2, 0.25) is 4.80 Å². The van der Waals surface area contributed by atoms with Gasteiger partial charge in [0.25, 0.3) is 0 Å². The molecule has 0 spiro atoms. The molecule has 2 aromatic heterocycles. The van der Waals surface area contributed by atoms with Crippen LogP contribution >= 0.6 is 11.3 Å². The molecule has 0 bridgehead atoms. The molecule has 3 aromatic carbocycles. The number of rotatable bonds is 6. The van der Waals surface area contributed by atoms with Gasteiger partial charge >= 0.3 is 0 Å². The number of hydrogen-bond acceptors (Lipinski definition) is 4. The molecule has 4 nitrogen and oxygen atoms in total. The van der Waals surface area contributed by atoms with Crippen molar-refractivity contribution in [1.82, 2.24) is 9.66 Å². The predicted molar refractivity (Wildman–Crippen MR) is 141 cm³/mol. The Balaban J connectivity index is 1.56. The quantitative estimate of drug-likeness (QED) is 0.262. The Kier molecular flexibility index (Phi) is 6.54. The first-order valence-corrected chi connectivity index (χ1v) is 12.0. The van der Waals surface area contributed by atoms with Gasteiger partial charge in [-0.05, 0) is 35.7 Å². The van der Waals surface area contributed by atoms with Gasteiger partial charge in [-0.1, -0.05) is 84.9 Å². The molecule has 0 aliphatic carbocycles. The topological polar surface area (TPSA) is 42.5 Å². The summed E-state index contributed by atoms with van der Waals surface area (Å²) in [6.45, 7) is 2.63. The van der Waals surface area contributed by atoms with Gasteiger partial charge in [-0.3, -0.25) is 9.98 Å². The lowest BCUT2D eigenvalue weighted by Crippen LogP contribution is -2.14. The van der Waals surface area contributed by atoms with E-state index in [2.05, 4.69) is 71.0 Å². The van der Waals surface area contributed by atoms with E-state index in [9.17, 15) is 0 Å². The number of benzene rings is 3. The first-order chi connectivity index (χ1) is 16.8. The van der Waals surface area contributed by atoms with Crippen LogP contribution in [0.3, 0.4) is 0 Å². The van der Waals surface area contributed by atoms with Crippen LogP contribution in [0.25, 0.3) is 22.4 Å². The van der Waals surface area contributed by atoms with Crippen molar-refractivity contribution in [1.29, 1.82) is 0 Å². The Hall–Kier alpha value is -4.09. The summed E-state index contributed by atoms with van der Waals surface area (Å²) < 4.78 is 1.96. The fourth-order valence-electron chi connectivity index (χ4n) is 3.71. The molecule has 0 N–H and O–H groups in total. The molecule has 5 heteroatoms. The Morgan fingerprint density at radius 3 is 2.09 bits per heavy atom. The van der Waals surface area contributed by atoms with Gasteiger partial charge in [-0.25, -0.2) is 4.68 Å². The van der Waals surface area contributed by atoms with Gasteiger partial charge < -0.3 is 0 Å². The minimum absolute atomic E-state index is 0.609. The molecular formula is C29H24N4S. The fourth-order valence-corrected chi connectivity index (χ4v) is 4.54. The first-order valence-electron chi connectivity index (χ1n) is 11.1. The molecule has 2 heterocycles. The van der Waals surface area contributed by atoms with Gasteiger partial charge in [0.05, 0.1) is 18.0 Å². The normalized spacial score (nSPS) is 12.1. The summed E-state index contributed by atoms with van der Waals surface area (Å²) in [6, 6.07) is 33.3. The molecule has 0 atom stereocenters. The summed E-state index contributed by atoms with van der Waals surface area (Å²) >= 11 is 1.60. The van der Waals surface area contributed by atoms with Crippen LogP contribution in [0.15, 0.2) is 125 Å². The molecule has 5 aromatic rings. The summed E-state index contributed by atoms with van der Waals surface area (Å²) in [5, 5.41) is 7.11. The third-order valence-corrected chi connectivity index (χ3v) is 6.41. The molecule has 0 amide bonds. The van der Waals surface area contributed by atoms with E-state index >= 15 is 0 Å². The maximum absolute atomic E-state index is 4.98. The zero-order chi connectivity index (χ0) is 23.2. The van der Waals surface area contributed by atoms with Crippen LogP contribution < -0.4 is 4.80 Å². The molecule has 0 radical (unpaired) electrons. The highest BCUT2D eigenvalue weighted by Crippen LogP contribution is 2.25. The Morgan fingerprint density at radius 2 is 1.38 bits per heavy atom. The lowest BCUT2D eigenvalue weighted by atomic mass is 10.0. The summed E-state index contributed by atoms with van der Waals surface area (Å²) in [6.07, 6.45) is 3.58. The van der Waals surface area contributed by atoms with E-state index in [1.807, 2.05) is 48.0 Å². The van der Waals surface area contributed by atoms with Crippen molar-refractivity contribution in [2.45, 2.75) is 13.5 Å². The highest BCUT2D eigenvalue weighted by molar-refractivity contribution is 7.07. The van der Waals surface area contributed by atoms with Crippen molar-refractivity contribution in [2.24, 2.45) is 10.1 Å². The highest BCUT2D eigenvalue weighted by atomic mass is 32.1. The van der Waals surface area contributed by atoms with Crippen LogP contribution in [-0.2, 0) is 6.54 Å². The van der Waals surface area contributed by atoms with Crippen molar-refractivity contribution in [3.63, 3.8) is 0 Å². The summed E-state index contributed by atoms with van der Waals surface area (Å²) in [5.41, 5.74) is 7.63. The lowest BCUT2D eigenvalue weighted by molar-refractivity contribution is 0.819. The number of nitrogens with zero attached hydrogens (tertiary/aromatic N) is 4. The minimum Gasteiger partial charge on any atom is -0.265 e. The molecular weight excluding hydrogens is 436 g/mol. The van der Waals surface area contributed by atoms with Gasteiger partial charge in [0.15, 0.2) is 0 Å². The fraction of sp³-hybridized carbons (Fsp3) is 0.0690. The zero-order valence-corrected chi connectivity index (χ0v) is 19.7. The number of hydrogen-bond donors (Lipinski definition) is 0. The second-order valence-electron chi connectivity index (χ2n) is 7.88. The number of thiazole rings is 1. The van der Waals surface area contributed by atoms with E-state index in [0.29, 0.717) is 6.54 Å². The highest BCUT2D eigenvalue weighted by Gasteiger charge is 2.10. The van der Waals surface area contributed by atoms with Crippen LogP contribution in [0.1, 0.15) is 18.1 Å². The number of aromatic nitrogens is 2. The third kappa shape index (κ3) is 4.95. The van der Waals surface area contributed by atoms with E-state index in [-0.39, 0.29) is 0 Å². The molecule has 0 aliphatic heterocycles. The number of pyridine rings is 1. The average molecular weight is 461 g/mol. The van der Waals surface area contributed by atoms with Crippen LogP contribution in [0.5, 0.6) is 0 Å². The average Bonchev–Trinajstić information content (AvgIpc) is 3.31. The van der Waals surface area contributed by atoms with E-state index < -0.39 is 0 Å². The zero-order valence-electron chi connectivity index (χ0n) is 18.9. The monoisotopic (exact) mass is 460 g/mol. The Bertz CT molecular complexity index is 1450. The van der Waals surface area contributed by atoms with E-state index in [1.165, 1.54) is 16.7 Å². The molecule has 5 rings (SSSR count). The molecule has 0 saturated carbocycles. The van der Waals surface area contributed by atoms with Crippen molar-refractivity contribution < 1.29 is 0 Å². The van der Waals surface area contributed by atoms with Crippen LogP contribution in [0.4, 0.5) is 0 Å².